The van der Waals surface area contributed by atoms with E-state index in [1.54, 1.807) is 0 Å². The van der Waals surface area contributed by atoms with Crippen LogP contribution < -0.4 is 0 Å². The van der Waals surface area contributed by atoms with E-state index in [0.717, 1.165) is 19.3 Å². The van der Waals surface area contributed by atoms with Crippen LogP contribution in [0.2, 0.25) is 0 Å². The van der Waals surface area contributed by atoms with Gasteiger partial charge in [-0.05, 0) is 38.5 Å². The van der Waals surface area contributed by atoms with Crippen LogP contribution >= 0.6 is 7.60 Å². The minimum absolute atomic E-state index is 0.335. The lowest BCUT2D eigenvalue weighted by molar-refractivity contribution is -0.883. The lowest BCUT2D eigenvalue weighted by atomic mass is 10.1. The van der Waals surface area contributed by atoms with Crippen molar-refractivity contribution >= 4 is 7.60 Å². The fourth-order valence-electron chi connectivity index (χ4n) is 4.76. The molecule has 0 fully saturated rings. The van der Waals surface area contributed by atoms with Crippen molar-refractivity contribution in [1.29, 1.82) is 0 Å². The van der Waals surface area contributed by atoms with Gasteiger partial charge >= 0.3 is 7.60 Å². The Balaban J connectivity index is 3.46. The Hall–Kier alpha value is -0.150. The predicted molar refractivity (Wildman–Crippen MR) is 155 cm³/mol. The Morgan fingerprint density at radius 3 is 1.46 bits per heavy atom. The van der Waals surface area contributed by atoms with Crippen LogP contribution in [0.25, 0.3) is 0 Å². The summed E-state index contributed by atoms with van der Waals surface area (Å²) in [6.45, 7) is 4.74. The van der Waals surface area contributed by atoms with E-state index in [1.807, 2.05) is 21.1 Å². The Labute approximate surface area is 220 Å². The zero-order valence-electron chi connectivity index (χ0n) is 24.4. The molecular formula is C30H63NO3P+. The molecule has 0 aliphatic heterocycles. The van der Waals surface area contributed by atoms with Gasteiger partial charge in [-0.1, -0.05) is 116 Å². The minimum atomic E-state index is -3.57. The van der Waals surface area contributed by atoms with Gasteiger partial charge in [0.1, 0.15) is 0 Å². The second kappa shape index (κ2) is 23.0. The molecule has 4 nitrogen and oxygen atoms in total. The molecule has 0 saturated carbocycles. The maximum Gasteiger partial charge on any atom is 0.385 e. The van der Waals surface area contributed by atoms with Gasteiger partial charge in [-0.2, -0.15) is 0 Å². The average Bonchev–Trinajstić information content (AvgIpc) is 2.80. The smallest absolute Gasteiger partial charge is 0.320 e. The molecule has 35 heavy (non-hydrogen) atoms. The third-order valence-corrected chi connectivity index (χ3v) is 9.26. The number of hydrogen-bond acceptors (Lipinski definition) is 2. The topological polar surface area (TPSA) is 46.5 Å². The molecule has 0 aliphatic carbocycles. The first-order chi connectivity index (χ1) is 16.8. The largest absolute Gasteiger partial charge is 0.385 e. The molecule has 2 unspecified atom stereocenters. The summed E-state index contributed by atoms with van der Waals surface area (Å²) in [4.78, 5) is 10.4. The van der Waals surface area contributed by atoms with Crippen LogP contribution in [0.5, 0.6) is 0 Å². The first kappa shape index (κ1) is 34.9. The Morgan fingerprint density at radius 2 is 1.06 bits per heavy atom. The molecule has 0 saturated heterocycles. The summed E-state index contributed by atoms with van der Waals surface area (Å²) in [7, 11) is 2.35. The second-order valence-corrected chi connectivity index (χ2v) is 13.5. The van der Waals surface area contributed by atoms with Crippen molar-refractivity contribution in [1.82, 2.24) is 0 Å². The fraction of sp³-hybridized carbons (Fsp3) is 0.933. The van der Waals surface area contributed by atoms with Gasteiger partial charge in [0.25, 0.3) is 0 Å². The van der Waals surface area contributed by atoms with Gasteiger partial charge in [-0.15, -0.1) is 0 Å². The molecule has 0 bridgehead atoms. The highest BCUT2D eigenvalue weighted by Gasteiger charge is 2.41. The van der Waals surface area contributed by atoms with E-state index in [9.17, 15) is 9.46 Å². The van der Waals surface area contributed by atoms with Gasteiger partial charge in [0.05, 0.1) is 27.7 Å². The summed E-state index contributed by atoms with van der Waals surface area (Å²) in [6, 6.07) is 0. The van der Waals surface area contributed by atoms with Crippen LogP contribution in [-0.4, -0.2) is 42.9 Å². The molecule has 0 aromatic carbocycles. The third-order valence-electron chi connectivity index (χ3n) is 7.00. The standard InChI is InChI=1S/C30H62NO3P/c1-6-8-9-10-11-12-13-14-15-16-17-18-19-20-21-22-23-24-25-26-27-29-34-35(32,33)30(28-7-2)31(3,4)5/h15-16,30H,6-14,17-29H2,1-5H3/p+1/b16-15-. The van der Waals surface area contributed by atoms with E-state index in [1.165, 1.54) is 109 Å². The van der Waals surface area contributed by atoms with E-state index in [0.29, 0.717) is 17.5 Å². The summed E-state index contributed by atoms with van der Waals surface area (Å²) in [5, 5.41) is 0. The molecule has 0 heterocycles. The predicted octanol–water partition coefficient (Wildman–Crippen LogP) is 10.0. The number of hydrogen-bond donors (Lipinski definition) is 1. The first-order valence-electron chi connectivity index (χ1n) is 15.2. The molecule has 2 atom stereocenters. The van der Waals surface area contributed by atoms with Crippen LogP contribution in [-0.2, 0) is 9.09 Å². The van der Waals surface area contributed by atoms with Crippen LogP contribution in [0, 0.1) is 0 Å². The molecule has 0 aliphatic rings. The normalized spacial score (nSPS) is 15.0. The first-order valence-corrected chi connectivity index (χ1v) is 16.8. The van der Waals surface area contributed by atoms with Crippen LogP contribution in [0.1, 0.15) is 149 Å². The highest BCUT2D eigenvalue weighted by atomic mass is 31.2. The van der Waals surface area contributed by atoms with Crippen LogP contribution in [0.15, 0.2) is 12.2 Å². The molecule has 0 aromatic rings. The van der Waals surface area contributed by atoms with E-state index in [2.05, 4.69) is 26.0 Å². The molecule has 0 spiro atoms. The van der Waals surface area contributed by atoms with E-state index >= 15 is 0 Å². The summed E-state index contributed by atoms with van der Waals surface area (Å²) < 4.78 is 18.6. The van der Waals surface area contributed by atoms with Gasteiger partial charge in [0.15, 0.2) is 5.78 Å². The van der Waals surface area contributed by atoms with Gasteiger partial charge < -0.3 is 13.9 Å². The van der Waals surface area contributed by atoms with Gasteiger partial charge in [-0.3, -0.25) is 4.57 Å². The van der Waals surface area contributed by atoms with Crippen molar-refractivity contribution in [2.75, 3.05) is 27.7 Å². The highest BCUT2D eigenvalue weighted by Crippen LogP contribution is 2.51. The van der Waals surface area contributed by atoms with Crippen molar-refractivity contribution in [3.63, 3.8) is 0 Å². The molecule has 0 aromatic heterocycles. The van der Waals surface area contributed by atoms with Gasteiger partial charge in [-0.25, -0.2) is 0 Å². The van der Waals surface area contributed by atoms with E-state index in [4.69, 9.17) is 4.52 Å². The maximum absolute atomic E-state index is 12.7. The summed E-state index contributed by atoms with van der Waals surface area (Å²) >= 11 is 0. The molecule has 1 N–H and O–H groups in total. The van der Waals surface area contributed by atoms with Crippen molar-refractivity contribution in [2.24, 2.45) is 0 Å². The number of allylic oxidation sites excluding steroid dienone is 2. The number of nitrogens with zero attached hydrogens (tertiary/aromatic N) is 1. The minimum Gasteiger partial charge on any atom is -0.320 e. The highest BCUT2D eigenvalue weighted by molar-refractivity contribution is 7.53. The van der Waals surface area contributed by atoms with Crippen LogP contribution in [0.4, 0.5) is 0 Å². The molecule has 5 heteroatoms. The Kier molecular flexibility index (Phi) is 22.9. The monoisotopic (exact) mass is 516 g/mol. The van der Waals surface area contributed by atoms with Crippen molar-refractivity contribution in [3.05, 3.63) is 12.2 Å². The zero-order chi connectivity index (χ0) is 26.3. The number of unbranched alkanes of at least 4 members (excludes halogenated alkanes) is 17. The van der Waals surface area contributed by atoms with Crippen molar-refractivity contribution in [2.45, 2.75) is 154 Å². The van der Waals surface area contributed by atoms with E-state index in [-0.39, 0.29) is 5.78 Å². The average molecular weight is 517 g/mol. The molecule has 0 rings (SSSR count). The van der Waals surface area contributed by atoms with Crippen molar-refractivity contribution in [3.8, 4) is 0 Å². The SMILES string of the molecule is CCCCCCCCC/C=C\CCCCCCCCCCCCOP(=O)(O)C(CCC)[N+](C)(C)C. The summed E-state index contributed by atoms with van der Waals surface area (Å²) in [6.07, 6.45) is 31.3. The van der Waals surface area contributed by atoms with Crippen LogP contribution in [0.3, 0.4) is 0 Å². The van der Waals surface area contributed by atoms with Crippen molar-refractivity contribution < 1.29 is 18.5 Å². The molecule has 210 valence electrons. The lowest BCUT2D eigenvalue weighted by Gasteiger charge is -2.35. The Morgan fingerprint density at radius 1 is 0.657 bits per heavy atom. The number of rotatable bonds is 26. The quantitative estimate of drug-likeness (QED) is 0.0538. The fourth-order valence-corrected chi connectivity index (χ4v) is 6.78. The lowest BCUT2D eigenvalue weighted by Crippen LogP contribution is -2.45. The zero-order valence-corrected chi connectivity index (χ0v) is 25.3. The maximum atomic E-state index is 12.7. The van der Waals surface area contributed by atoms with E-state index < -0.39 is 7.60 Å². The van der Waals surface area contributed by atoms with Gasteiger partial charge in [0, 0.05) is 6.42 Å². The molecule has 0 radical (unpaired) electrons. The second-order valence-electron chi connectivity index (χ2n) is 11.5. The molecular weight excluding hydrogens is 453 g/mol. The third kappa shape index (κ3) is 21.6. The Bertz CT molecular complexity index is 530. The van der Waals surface area contributed by atoms with Gasteiger partial charge in [0.2, 0.25) is 0 Å². The molecule has 0 amide bonds. The number of quaternary nitrogens is 1. The summed E-state index contributed by atoms with van der Waals surface area (Å²) in [5.41, 5.74) is 0. The summed E-state index contributed by atoms with van der Waals surface area (Å²) in [5.74, 6) is -0.335.